The van der Waals surface area contributed by atoms with E-state index in [0.29, 0.717) is 26.2 Å². The summed E-state index contributed by atoms with van der Waals surface area (Å²) in [6.07, 6.45) is 0.842. The maximum Gasteiger partial charge on any atom is 0.224 e. The van der Waals surface area contributed by atoms with Crippen LogP contribution < -0.4 is 5.32 Å². The maximum atomic E-state index is 13.4. The summed E-state index contributed by atoms with van der Waals surface area (Å²) >= 11 is 0. The summed E-state index contributed by atoms with van der Waals surface area (Å²) in [7, 11) is 0. The van der Waals surface area contributed by atoms with E-state index >= 15 is 0 Å². The Bertz CT molecular complexity index is 561. The molecule has 1 saturated heterocycles. The topological polar surface area (TPSA) is 52.7 Å². The Morgan fingerprint density at radius 3 is 2.45 bits per heavy atom. The fraction of sp³-hybridized carbons (Fsp3) is 0.429. The highest BCUT2D eigenvalue weighted by atomic mass is 19.2. The Morgan fingerprint density at radius 2 is 1.82 bits per heavy atom. The first kappa shape index (κ1) is 16.1. The smallest absolute Gasteiger partial charge is 0.224 e. The number of piperazine rings is 1. The molecule has 8 heteroatoms. The van der Waals surface area contributed by atoms with E-state index in [4.69, 9.17) is 0 Å². The number of amides is 2. The zero-order valence-electron chi connectivity index (χ0n) is 11.8. The van der Waals surface area contributed by atoms with Gasteiger partial charge in [-0.05, 0) is 12.1 Å². The first-order chi connectivity index (χ1) is 10.5. The number of nitrogens with one attached hydrogen (secondary N) is 1. The van der Waals surface area contributed by atoms with E-state index in [1.807, 2.05) is 0 Å². The standard InChI is InChI=1S/C14H16F3N3O2/c15-10-1-2-11(14(17)13(10)16)18-4-3-12(22)20-7-5-19(9-21)6-8-20/h1-2,9,18H,3-8H2. The molecule has 0 aromatic heterocycles. The quantitative estimate of drug-likeness (QED) is 0.656. The lowest BCUT2D eigenvalue weighted by Crippen LogP contribution is -2.48. The summed E-state index contributed by atoms with van der Waals surface area (Å²) in [6.45, 7) is 1.99. The van der Waals surface area contributed by atoms with Crippen molar-refractivity contribution in [2.24, 2.45) is 0 Å². The first-order valence-electron chi connectivity index (χ1n) is 6.87. The molecule has 0 atom stereocenters. The predicted molar refractivity (Wildman–Crippen MR) is 73.6 cm³/mol. The van der Waals surface area contributed by atoms with Crippen LogP contribution in [0.15, 0.2) is 12.1 Å². The molecule has 1 aliphatic heterocycles. The van der Waals surface area contributed by atoms with Crippen molar-refractivity contribution in [1.82, 2.24) is 9.80 Å². The van der Waals surface area contributed by atoms with Crippen LogP contribution in [-0.2, 0) is 9.59 Å². The van der Waals surface area contributed by atoms with Crippen LogP contribution in [-0.4, -0.2) is 54.8 Å². The fourth-order valence-corrected chi connectivity index (χ4v) is 2.20. The van der Waals surface area contributed by atoms with E-state index in [9.17, 15) is 22.8 Å². The van der Waals surface area contributed by atoms with Crippen LogP contribution in [0.4, 0.5) is 18.9 Å². The van der Waals surface area contributed by atoms with E-state index in [1.165, 1.54) is 0 Å². The van der Waals surface area contributed by atoms with Crippen LogP contribution in [0.25, 0.3) is 0 Å². The second-order valence-corrected chi connectivity index (χ2v) is 4.92. The van der Waals surface area contributed by atoms with E-state index < -0.39 is 17.5 Å². The Morgan fingerprint density at radius 1 is 1.14 bits per heavy atom. The Labute approximate surface area is 125 Å². The number of carbonyl (C=O) groups is 2. The van der Waals surface area contributed by atoms with Crippen molar-refractivity contribution in [3.8, 4) is 0 Å². The van der Waals surface area contributed by atoms with Gasteiger partial charge in [-0.2, -0.15) is 0 Å². The number of carbonyl (C=O) groups excluding carboxylic acids is 2. The summed E-state index contributed by atoms with van der Waals surface area (Å²) in [5.41, 5.74) is -0.183. The molecule has 0 radical (unpaired) electrons. The summed E-state index contributed by atoms with van der Waals surface area (Å²) in [5, 5.41) is 2.58. The summed E-state index contributed by atoms with van der Waals surface area (Å²) < 4.78 is 39.2. The Hall–Kier alpha value is -2.25. The summed E-state index contributed by atoms with van der Waals surface area (Å²) in [4.78, 5) is 25.7. The SMILES string of the molecule is O=CN1CCN(C(=O)CCNc2ccc(F)c(F)c2F)CC1. The molecule has 0 aliphatic carbocycles. The highest BCUT2D eigenvalue weighted by Gasteiger charge is 2.20. The van der Waals surface area contributed by atoms with Gasteiger partial charge in [0.15, 0.2) is 17.5 Å². The van der Waals surface area contributed by atoms with Crippen LogP contribution in [0.3, 0.4) is 0 Å². The highest BCUT2D eigenvalue weighted by molar-refractivity contribution is 5.77. The number of nitrogens with zero attached hydrogens (tertiary/aromatic N) is 2. The average Bonchev–Trinajstić information content (AvgIpc) is 2.54. The lowest BCUT2D eigenvalue weighted by atomic mass is 10.2. The molecule has 5 nitrogen and oxygen atoms in total. The van der Waals surface area contributed by atoms with Crippen molar-refractivity contribution >= 4 is 18.0 Å². The van der Waals surface area contributed by atoms with Gasteiger partial charge in [0.05, 0.1) is 5.69 Å². The Kier molecular flexibility index (Phi) is 5.24. The minimum absolute atomic E-state index is 0.0968. The molecule has 1 aromatic rings. The fourth-order valence-electron chi connectivity index (χ4n) is 2.20. The van der Waals surface area contributed by atoms with Crippen LogP contribution in [0.1, 0.15) is 6.42 Å². The molecule has 1 aromatic carbocycles. The second kappa shape index (κ2) is 7.15. The minimum atomic E-state index is -1.54. The van der Waals surface area contributed by atoms with Crippen molar-refractivity contribution in [3.63, 3.8) is 0 Å². The van der Waals surface area contributed by atoms with Crippen molar-refractivity contribution < 1.29 is 22.8 Å². The van der Waals surface area contributed by atoms with Crippen LogP contribution in [0.2, 0.25) is 0 Å². The molecule has 2 rings (SSSR count). The van der Waals surface area contributed by atoms with Gasteiger partial charge in [0.1, 0.15) is 0 Å². The molecular formula is C14H16F3N3O2. The van der Waals surface area contributed by atoms with Crippen molar-refractivity contribution in [1.29, 1.82) is 0 Å². The first-order valence-corrected chi connectivity index (χ1v) is 6.87. The molecular weight excluding hydrogens is 299 g/mol. The van der Waals surface area contributed by atoms with Crippen LogP contribution >= 0.6 is 0 Å². The average molecular weight is 315 g/mol. The van der Waals surface area contributed by atoms with Gasteiger partial charge in [-0.25, -0.2) is 13.2 Å². The highest BCUT2D eigenvalue weighted by Crippen LogP contribution is 2.19. The molecule has 0 unspecified atom stereocenters. The van der Waals surface area contributed by atoms with Crippen molar-refractivity contribution in [2.75, 3.05) is 38.0 Å². The minimum Gasteiger partial charge on any atom is -0.382 e. The predicted octanol–water partition coefficient (Wildman–Crippen LogP) is 1.21. The number of hydrogen-bond acceptors (Lipinski definition) is 3. The third-order valence-electron chi connectivity index (χ3n) is 3.51. The van der Waals surface area contributed by atoms with E-state index in [2.05, 4.69) is 5.32 Å². The van der Waals surface area contributed by atoms with Gasteiger partial charge in [0.2, 0.25) is 12.3 Å². The lowest BCUT2D eigenvalue weighted by molar-refractivity contribution is -0.134. The van der Waals surface area contributed by atoms with Gasteiger partial charge in [-0.3, -0.25) is 9.59 Å². The van der Waals surface area contributed by atoms with E-state index in [0.717, 1.165) is 18.5 Å². The summed E-state index contributed by atoms with van der Waals surface area (Å²) in [5.74, 6) is -4.23. The molecule has 0 saturated carbocycles. The Balaban J connectivity index is 1.80. The van der Waals surface area contributed by atoms with Gasteiger partial charge in [0, 0.05) is 39.1 Å². The van der Waals surface area contributed by atoms with Crippen molar-refractivity contribution in [3.05, 3.63) is 29.6 Å². The maximum absolute atomic E-state index is 13.4. The molecule has 1 N–H and O–H groups in total. The van der Waals surface area contributed by atoms with Gasteiger partial charge in [0.25, 0.3) is 0 Å². The van der Waals surface area contributed by atoms with Gasteiger partial charge in [-0.1, -0.05) is 0 Å². The lowest BCUT2D eigenvalue weighted by Gasteiger charge is -2.32. The molecule has 1 heterocycles. The molecule has 2 amide bonds. The van der Waals surface area contributed by atoms with E-state index in [-0.39, 0.29) is 24.6 Å². The largest absolute Gasteiger partial charge is 0.382 e. The molecule has 0 bridgehead atoms. The molecule has 1 fully saturated rings. The normalized spacial score (nSPS) is 14.9. The molecule has 0 spiro atoms. The van der Waals surface area contributed by atoms with Gasteiger partial charge >= 0.3 is 0 Å². The van der Waals surface area contributed by atoms with Gasteiger partial charge in [-0.15, -0.1) is 0 Å². The number of rotatable bonds is 5. The monoisotopic (exact) mass is 315 g/mol. The molecule has 1 aliphatic rings. The number of hydrogen-bond donors (Lipinski definition) is 1. The third-order valence-corrected chi connectivity index (χ3v) is 3.51. The second-order valence-electron chi connectivity index (χ2n) is 4.92. The third kappa shape index (κ3) is 3.69. The van der Waals surface area contributed by atoms with Crippen molar-refractivity contribution in [2.45, 2.75) is 6.42 Å². The number of benzene rings is 1. The van der Waals surface area contributed by atoms with Crippen LogP contribution in [0, 0.1) is 17.5 Å². The van der Waals surface area contributed by atoms with Crippen LogP contribution in [0.5, 0.6) is 0 Å². The van der Waals surface area contributed by atoms with Gasteiger partial charge < -0.3 is 15.1 Å². The summed E-state index contributed by atoms with van der Waals surface area (Å²) in [6, 6.07) is 1.91. The molecule has 22 heavy (non-hydrogen) atoms. The van der Waals surface area contributed by atoms with E-state index in [1.54, 1.807) is 9.80 Å². The number of anilines is 1. The zero-order chi connectivity index (χ0) is 16.1. The number of halogens is 3. The zero-order valence-corrected chi connectivity index (χ0v) is 11.8. The molecule has 120 valence electrons.